The van der Waals surface area contributed by atoms with E-state index in [2.05, 4.69) is 0 Å². The van der Waals surface area contributed by atoms with Crippen molar-refractivity contribution in [2.75, 3.05) is 4.90 Å². The lowest BCUT2D eigenvalue weighted by Crippen LogP contribution is -2.43. The average Bonchev–Trinajstić information content (AvgIpc) is 2.82. The van der Waals surface area contributed by atoms with Crippen molar-refractivity contribution in [3.63, 3.8) is 0 Å². The van der Waals surface area contributed by atoms with E-state index in [9.17, 15) is 19.6 Å². The molecule has 1 saturated heterocycles. The van der Waals surface area contributed by atoms with Gasteiger partial charge in [-0.3, -0.25) is 19.6 Å². The molecular formula is C16H20N2O4. The van der Waals surface area contributed by atoms with Crippen LogP contribution in [0.3, 0.4) is 0 Å². The molecule has 1 aromatic carbocycles. The Kier molecular flexibility index (Phi) is 5.27. The first-order valence-electron chi connectivity index (χ1n) is 7.49. The van der Waals surface area contributed by atoms with Crippen LogP contribution in [-0.2, 0) is 14.4 Å². The maximum absolute atomic E-state index is 12.3. The molecule has 3 amide bonds. The van der Waals surface area contributed by atoms with Gasteiger partial charge in [0.15, 0.2) is 0 Å². The van der Waals surface area contributed by atoms with Crippen molar-refractivity contribution in [3.05, 3.63) is 30.3 Å². The van der Waals surface area contributed by atoms with E-state index >= 15 is 0 Å². The van der Waals surface area contributed by atoms with Gasteiger partial charge >= 0.3 is 0 Å². The molecule has 0 saturated carbocycles. The first-order valence-corrected chi connectivity index (χ1v) is 7.49. The number of nitrogens with zero attached hydrogens (tertiary/aromatic N) is 2. The largest absolute Gasteiger partial charge is 0.285 e. The van der Waals surface area contributed by atoms with Crippen molar-refractivity contribution >= 4 is 23.4 Å². The minimum Gasteiger partial charge on any atom is -0.285 e. The topological polar surface area (TPSA) is 77.9 Å². The molecule has 0 aliphatic carbocycles. The van der Waals surface area contributed by atoms with Gasteiger partial charge in [-0.15, -0.1) is 0 Å². The van der Waals surface area contributed by atoms with Crippen molar-refractivity contribution in [1.29, 1.82) is 0 Å². The first kappa shape index (κ1) is 16.2. The van der Waals surface area contributed by atoms with E-state index < -0.39 is 23.8 Å². The summed E-state index contributed by atoms with van der Waals surface area (Å²) in [6, 6.07) is 7.38. The molecular weight excluding hydrogens is 284 g/mol. The van der Waals surface area contributed by atoms with Gasteiger partial charge in [-0.25, -0.2) is 9.96 Å². The quantitative estimate of drug-likeness (QED) is 0.378. The number of hydrogen-bond donors (Lipinski definition) is 1. The molecule has 0 aromatic heterocycles. The fourth-order valence-electron chi connectivity index (χ4n) is 2.47. The molecule has 1 aromatic rings. The molecule has 1 heterocycles. The molecule has 6 nitrogen and oxygen atoms in total. The lowest BCUT2D eigenvalue weighted by atomic mass is 10.1. The van der Waals surface area contributed by atoms with Gasteiger partial charge in [-0.05, 0) is 18.6 Å². The minimum absolute atomic E-state index is 0.174. The van der Waals surface area contributed by atoms with E-state index in [0.29, 0.717) is 17.2 Å². The van der Waals surface area contributed by atoms with Crippen LogP contribution in [0.4, 0.5) is 5.69 Å². The monoisotopic (exact) mass is 304 g/mol. The Bertz CT molecular complexity index is 559. The number of amides is 3. The van der Waals surface area contributed by atoms with Gasteiger partial charge in [0.2, 0.25) is 11.8 Å². The van der Waals surface area contributed by atoms with Crippen LogP contribution in [0.5, 0.6) is 0 Å². The van der Waals surface area contributed by atoms with Crippen LogP contribution in [0.25, 0.3) is 0 Å². The van der Waals surface area contributed by atoms with Gasteiger partial charge < -0.3 is 0 Å². The highest BCUT2D eigenvalue weighted by Gasteiger charge is 2.44. The fourth-order valence-corrected chi connectivity index (χ4v) is 2.47. The standard InChI is InChI=1S/C16H20N2O4/c1-2-3-5-10-14(19)18(22)13-11-15(20)17(16(13)21)12-8-6-4-7-9-12/h4,6-9,13,22H,2-3,5,10-11H2,1H3/t13-/m0/s1. The molecule has 0 unspecified atom stereocenters. The van der Waals surface area contributed by atoms with Crippen molar-refractivity contribution < 1.29 is 19.6 Å². The highest BCUT2D eigenvalue weighted by molar-refractivity contribution is 6.22. The molecule has 22 heavy (non-hydrogen) atoms. The predicted molar refractivity (Wildman–Crippen MR) is 80.1 cm³/mol. The van der Waals surface area contributed by atoms with E-state index in [1.165, 1.54) is 0 Å². The number of anilines is 1. The molecule has 1 aliphatic rings. The van der Waals surface area contributed by atoms with Gasteiger partial charge in [0, 0.05) is 6.42 Å². The Morgan fingerprint density at radius 2 is 1.95 bits per heavy atom. The summed E-state index contributed by atoms with van der Waals surface area (Å²) >= 11 is 0. The summed E-state index contributed by atoms with van der Waals surface area (Å²) < 4.78 is 0. The summed E-state index contributed by atoms with van der Waals surface area (Å²) in [6.45, 7) is 2.01. The van der Waals surface area contributed by atoms with Gasteiger partial charge in [0.1, 0.15) is 6.04 Å². The molecule has 1 fully saturated rings. The first-order chi connectivity index (χ1) is 10.6. The Morgan fingerprint density at radius 1 is 1.27 bits per heavy atom. The molecule has 0 bridgehead atoms. The molecule has 6 heteroatoms. The number of para-hydroxylation sites is 1. The molecule has 1 atom stereocenters. The summed E-state index contributed by atoms with van der Waals surface area (Å²) in [5.41, 5.74) is 0.451. The number of unbranched alkanes of at least 4 members (excludes halogenated alkanes) is 2. The third-order valence-electron chi connectivity index (χ3n) is 3.68. The summed E-state index contributed by atoms with van der Waals surface area (Å²) in [5.74, 6) is -1.50. The second kappa shape index (κ2) is 7.17. The molecule has 2 rings (SSSR count). The van der Waals surface area contributed by atoms with Crippen molar-refractivity contribution in [1.82, 2.24) is 5.06 Å². The maximum Gasteiger partial charge on any atom is 0.259 e. The fraction of sp³-hybridized carbons (Fsp3) is 0.438. The van der Waals surface area contributed by atoms with Crippen molar-refractivity contribution in [2.45, 2.75) is 45.1 Å². The lowest BCUT2D eigenvalue weighted by Gasteiger charge is -2.21. The van der Waals surface area contributed by atoms with Crippen LogP contribution in [0.2, 0.25) is 0 Å². The minimum atomic E-state index is -1.12. The van der Waals surface area contributed by atoms with Gasteiger partial charge in [0.25, 0.3) is 5.91 Å². The number of imide groups is 1. The normalized spacial score (nSPS) is 17.9. The third kappa shape index (κ3) is 3.33. The Balaban J connectivity index is 2.06. The van der Waals surface area contributed by atoms with E-state index in [0.717, 1.165) is 17.7 Å². The summed E-state index contributed by atoms with van der Waals surface area (Å²) in [5, 5.41) is 10.4. The third-order valence-corrected chi connectivity index (χ3v) is 3.68. The Morgan fingerprint density at radius 3 is 2.59 bits per heavy atom. The van der Waals surface area contributed by atoms with Gasteiger partial charge in [-0.2, -0.15) is 0 Å². The van der Waals surface area contributed by atoms with Crippen LogP contribution < -0.4 is 4.90 Å². The molecule has 118 valence electrons. The lowest BCUT2D eigenvalue weighted by molar-refractivity contribution is -0.177. The zero-order chi connectivity index (χ0) is 16.1. The maximum atomic E-state index is 12.3. The smallest absolute Gasteiger partial charge is 0.259 e. The van der Waals surface area contributed by atoms with Crippen LogP contribution >= 0.6 is 0 Å². The van der Waals surface area contributed by atoms with Gasteiger partial charge in [-0.1, -0.05) is 38.0 Å². The highest BCUT2D eigenvalue weighted by Crippen LogP contribution is 2.25. The highest BCUT2D eigenvalue weighted by atomic mass is 16.5. The van der Waals surface area contributed by atoms with Crippen LogP contribution in [0, 0.1) is 0 Å². The number of carbonyl (C=O) groups is 3. The number of benzene rings is 1. The van der Waals surface area contributed by atoms with Crippen LogP contribution in [0.15, 0.2) is 30.3 Å². The molecule has 0 radical (unpaired) electrons. The number of rotatable bonds is 6. The average molecular weight is 304 g/mol. The number of carbonyl (C=O) groups excluding carboxylic acids is 3. The van der Waals surface area contributed by atoms with E-state index in [-0.39, 0.29) is 12.8 Å². The summed E-state index contributed by atoms with van der Waals surface area (Å²) in [4.78, 5) is 37.3. The zero-order valence-corrected chi connectivity index (χ0v) is 12.6. The second-order valence-electron chi connectivity index (χ2n) is 5.32. The van der Waals surface area contributed by atoms with E-state index in [1.54, 1.807) is 30.3 Å². The Hall–Kier alpha value is -2.21. The van der Waals surface area contributed by atoms with E-state index in [1.807, 2.05) is 6.92 Å². The van der Waals surface area contributed by atoms with Crippen molar-refractivity contribution in [3.8, 4) is 0 Å². The number of hydroxylamine groups is 2. The molecule has 1 N–H and O–H groups in total. The Labute approximate surface area is 129 Å². The summed E-state index contributed by atoms with van der Waals surface area (Å²) in [7, 11) is 0. The van der Waals surface area contributed by atoms with Crippen LogP contribution in [-0.4, -0.2) is 34.0 Å². The SMILES string of the molecule is CCCCCC(=O)N(O)[C@H]1CC(=O)N(c2ccccc2)C1=O. The molecule has 0 spiro atoms. The van der Waals surface area contributed by atoms with Crippen molar-refractivity contribution in [2.24, 2.45) is 0 Å². The summed E-state index contributed by atoms with van der Waals surface area (Å²) in [6.07, 6.45) is 2.48. The van der Waals surface area contributed by atoms with Gasteiger partial charge in [0.05, 0.1) is 12.1 Å². The molecule has 1 aliphatic heterocycles. The predicted octanol–water partition coefficient (Wildman–Crippen LogP) is 2.12. The zero-order valence-electron chi connectivity index (χ0n) is 12.6. The van der Waals surface area contributed by atoms with Crippen LogP contribution in [0.1, 0.15) is 39.0 Å². The van der Waals surface area contributed by atoms with E-state index in [4.69, 9.17) is 0 Å². The second-order valence-corrected chi connectivity index (χ2v) is 5.32. The number of hydrogen-bond acceptors (Lipinski definition) is 4.